The second-order valence-electron chi connectivity index (χ2n) is 11.8. The molecule has 2 fully saturated rings. The van der Waals surface area contributed by atoms with Gasteiger partial charge >= 0.3 is 0 Å². The Morgan fingerprint density at radius 2 is 1.65 bits per heavy atom. The zero-order valence-corrected chi connectivity index (χ0v) is 24.3. The summed E-state index contributed by atoms with van der Waals surface area (Å²) in [7, 11) is 0. The van der Waals surface area contributed by atoms with Crippen LogP contribution < -0.4 is 16.0 Å². The van der Waals surface area contributed by atoms with E-state index in [-0.39, 0.29) is 42.8 Å². The van der Waals surface area contributed by atoms with E-state index in [1.807, 2.05) is 48.5 Å². The van der Waals surface area contributed by atoms with Gasteiger partial charge in [0.05, 0.1) is 6.04 Å². The van der Waals surface area contributed by atoms with Crippen molar-refractivity contribution in [2.75, 3.05) is 6.54 Å². The summed E-state index contributed by atoms with van der Waals surface area (Å²) in [5.74, 6) is -3.73. The van der Waals surface area contributed by atoms with Crippen molar-refractivity contribution in [2.24, 2.45) is 11.8 Å². The average molecular weight is 586 g/mol. The molecule has 0 spiro atoms. The van der Waals surface area contributed by atoms with E-state index in [0.29, 0.717) is 18.5 Å². The molecule has 0 radical (unpaired) electrons. The van der Waals surface area contributed by atoms with Crippen molar-refractivity contribution in [3.8, 4) is 0 Å². The van der Waals surface area contributed by atoms with Gasteiger partial charge in [-0.1, -0.05) is 67.8 Å². The highest BCUT2D eigenvalue weighted by molar-refractivity contribution is 6.38. The monoisotopic (exact) mass is 585 g/mol. The summed E-state index contributed by atoms with van der Waals surface area (Å²) >= 11 is 0. The molecule has 1 saturated carbocycles. The molecule has 3 aromatic rings. The molecule has 1 aliphatic carbocycles. The van der Waals surface area contributed by atoms with Crippen LogP contribution >= 0.6 is 0 Å². The largest absolute Gasteiger partial charge is 0.453 e. The van der Waals surface area contributed by atoms with Gasteiger partial charge in [0, 0.05) is 36.2 Å². The van der Waals surface area contributed by atoms with Crippen LogP contribution in [0.4, 0.5) is 0 Å². The Kier molecular flexibility index (Phi) is 10.0. The molecular weight excluding hydrogens is 546 g/mol. The molecule has 2 aromatic carbocycles. The fraction of sp³-hybridized carbons (Fsp3) is 0.441. The predicted octanol–water partition coefficient (Wildman–Crippen LogP) is 4.28. The van der Waals surface area contributed by atoms with Crippen molar-refractivity contribution in [3.63, 3.8) is 0 Å². The fourth-order valence-electron chi connectivity index (χ4n) is 6.13. The molecule has 9 nitrogen and oxygen atoms in total. The molecule has 1 saturated heterocycles. The molecule has 9 heteroatoms. The number of amides is 3. The molecule has 3 amide bonds. The van der Waals surface area contributed by atoms with Crippen molar-refractivity contribution in [1.29, 1.82) is 0 Å². The van der Waals surface area contributed by atoms with Crippen molar-refractivity contribution in [1.82, 2.24) is 16.0 Å². The number of Topliss-reactive ketones (excluding diaryl/α,β-unsaturated/α-hetero) is 2. The molecule has 2 aliphatic rings. The Hall–Kier alpha value is -4.27. The maximum atomic E-state index is 13.9. The van der Waals surface area contributed by atoms with E-state index < -0.39 is 35.5 Å². The van der Waals surface area contributed by atoms with Crippen LogP contribution in [0.15, 0.2) is 65.1 Å². The van der Waals surface area contributed by atoms with Gasteiger partial charge in [0.2, 0.25) is 17.6 Å². The summed E-state index contributed by atoms with van der Waals surface area (Å²) in [6.45, 7) is 0.561. The Morgan fingerprint density at radius 3 is 2.40 bits per heavy atom. The zero-order chi connectivity index (χ0) is 30.2. The highest BCUT2D eigenvalue weighted by Gasteiger charge is 2.36. The van der Waals surface area contributed by atoms with Gasteiger partial charge in [0.15, 0.2) is 11.5 Å². The summed E-state index contributed by atoms with van der Waals surface area (Å²) in [5, 5.41) is 9.25. The molecular formula is C34H39N3O6. The molecule has 0 unspecified atom stereocenters. The molecule has 226 valence electrons. The normalized spacial score (nSPS) is 18.8. The van der Waals surface area contributed by atoms with Crippen molar-refractivity contribution < 1.29 is 28.4 Å². The van der Waals surface area contributed by atoms with Gasteiger partial charge < -0.3 is 20.4 Å². The minimum atomic E-state index is -1.19. The smallest absolute Gasteiger partial charge is 0.289 e. The third-order valence-corrected chi connectivity index (χ3v) is 8.54. The van der Waals surface area contributed by atoms with E-state index in [1.54, 1.807) is 12.1 Å². The van der Waals surface area contributed by atoms with E-state index in [1.165, 1.54) is 0 Å². The summed E-state index contributed by atoms with van der Waals surface area (Å²) in [6.07, 6.45) is 6.13. The Bertz CT molecular complexity index is 1430. The molecule has 3 atom stereocenters. The number of para-hydroxylation sites is 1. The third kappa shape index (κ3) is 7.97. The molecule has 1 aliphatic heterocycles. The second-order valence-corrected chi connectivity index (χ2v) is 11.8. The molecule has 3 N–H and O–H groups in total. The summed E-state index contributed by atoms with van der Waals surface area (Å²) in [5.41, 5.74) is 1.43. The SMILES string of the molecule is O=C(NC1CCCCC1)C(=O)[C@H](C[C@@H]1CCCNC1=O)NC(=O)[C@@H](CC(=O)c1cc2ccccc2o1)Cc1ccccc1. The van der Waals surface area contributed by atoms with Crippen molar-refractivity contribution >= 4 is 40.3 Å². The van der Waals surface area contributed by atoms with E-state index in [0.717, 1.165) is 49.5 Å². The number of fused-ring (bicyclic) bond motifs is 1. The van der Waals surface area contributed by atoms with E-state index >= 15 is 0 Å². The first-order valence-corrected chi connectivity index (χ1v) is 15.4. The second kappa shape index (κ2) is 14.3. The number of nitrogens with one attached hydrogen (secondary N) is 3. The summed E-state index contributed by atoms with van der Waals surface area (Å²) < 4.78 is 5.76. The number of carbonyl (C=O) groups excluding carboxylic acids is 5. The number of rotatable bonds is 12. The lowest BCUT2D eigenvalue weighted by molar-refractivity contribution is -0.141. The molecule has 43 heavy (non-hydrogen) atoms. The molecule has 0 bridgehead atoms. The van der Waals surface area contributed by atoms with Gasteiger partial charge in [0.25, 0.3) is 5.91 Å². The average Bonchev–Trinajstić information content (AvgIpc) is 3.47. The van der Waals surface area contributed by atoms with Crippen molar-refractivity contribution in [2.45, 2.75) is 76.3 Å². The van der Waals surface area contributed by atoms with Gasteiger partial charge in [-0.25, -0.2) is 0 Å². The summed E-state index contributed by atoms with van der Waals surface area (Å²) in [6, 6.07) is 17.0. The number of piperidine rings is 1. The maximum Gasteiger partial charge on any atom is 0.289 e. The van der Waals surface area contributed by atoms with Crippen LogP contribution in [-0.2, 0) is 25.6 Å². The van der Waals surface area contributed by atoms with Crippen LogP contribution in [-0.4, -0.2) is 47.9 Å². The fourth-order valence-corrected chi connectivity index (χ4v) is 6.13. The van der Waals surface area contributed by atoms with Gasteiger partial charge in [-0.3, -0.25) is 24.0 Å². The maximum absolute atomic E-state index is 13.9. The molecule has 5 rings (SSSR count). The lowest BCUT2D eigenvalue weighted by Gasteiger charge is -2.28. The zero-order valence-electron chi connectivity index (χ0n) is 24.3. The number of hydrogen-bond donors (Lipinski definition) is 3. The number of furan rings is 1. The number of ketones is 2. The number of hydrogen-bond acceptors (Lipinski definition) is 6. The first kappa shape index (κ1) is 30.2. The lowest BCUT2D eigenvalue weighted by Crippen LogP contribution is -2.53. The molecule has 1 aromatic heterocycles. The first-order chi connectivity index (χ1) is 20.9. The third-order valence-electron chi connectivity index (χ3n) is 8.54. The van der Waals surface area contributed by atoms with Crippen LogP contribution in [0, 0.1) is 11.8 Å². The Balaban J connectivity index is 1.35. The highest BCUT2D eigenvalue weighted by atomic mass is 16.3. The quantitative estimate of drug-likeness (QED) is 0.215. The molecule has 2 heterocycles. The van der Waals surface area contributed by atoms with Gasteiger partial charge in [0.1, 0.15) is 5.58 Å². The number of benzene rings is 2. The van der Waals surface area contributed by atoms with E-state index in [4.69, 9.17) is 4.42 Å². The standard InChI is InChI=1S/C34H39N3O6/c38-28(30-21-23-12-7-8-16-29(23)43-30)20-25(18-22-10-3-1-4-11-22)33(41)37-27(19-24-13-9-17-35-32(24)40)31(39)34(42)36-26-14-5-2-6-15-26/h1,3-4,7-8,10-12,16,21,24-27H,2,5-6,9,13-15,17-20H2,(H,35,40)(H,36,42)(H,37,41)/t24-,25+,27-/m0/s1. The lowest BCUT2D eigenvalue weighted by atomic mass is 9.88. The van der Waals surface area contributed by atoms with Crippen LogP contribution in [0.25, 0.3) is 11.0 Å². The van der Waals surface area contributed by atoms with Crippen LogP contribution in [0.5, 0.6) is 0 Å². The van der Waals surface area contributed by atoms with E-state index in [9.17, 15) is 24.0 Å². The van der Waals surface area contributed by atoms with Crippen molar-refractivity contribution in [3.05, 3.63) is 72.0 Å². The number of carbonyl (C=O) groups is 5. The van der Waals surface area contributed by atoms with Crippen LogP contribution in [0.3, 0.4) is 0 Å². The minimum Gasteiger partial charge on any atom is -0.453 e. The predicted molar refractivity (Wildman–Crippen MR) is 161 cm³/mol. The topological polar surface area (TPSA) is 135 Å². The van der Waals surface area contributed by atoms with Gasteiger partial charge in [-0.15, -0.1) is 0 Å². The Labute approximate surface area is 251 Å². The van der Waals surface area contributed by atoms with Gasteiger partial charge in [-0.05, 0) is 56.2 Å². The minimum absolute atomic E-state index is 0.0179. The van der Waals surface area contributed by atoms with Gasteiger partial charge in [-0.2, -0.15) is 0 Å². The highest BCUT2D eigenvalue weighted by Crippen LogP contribution is 2.24. The first-order valence-electron chi connectivity index (χ1n) is 15.4. The Morgan fingerprint density at radius 1 is 0.907 bits per heavy atom. The van der Waals surface area contributed by atoms with Crippen LogP contribution in [0.2, 0.25) is 0 Å². The summed E-state index contributed by atoms with van der Waals surface area (Å²) in [4.78, 5) is 66.4. The van der Waals surface area contributed by atoms with Crippen LogP contribution in [0.1, 0.15) is 73.9 Å². The van der Waals surface area contributed by atoms with E-state index in [2.05, 4.69) is 16.0 Å².